The summed E-state index contributed by atoms with van der Waals surface area (Å²) in [5.74, 6) is -1.75. The first kappa shape index (κ1) is 19.9. The van der Waals surface area contributed by atoms with Crippen LogP contribution in [0, 0.1) is 0 Å². The molecule has 2 aromatic heterocycles. The Bertz CT molecular complexity index is 1140. The number of anilines is 1. The number of nitrogens with two attached hydrogens (primary N) is 1. The molecule has 1 aliphatic carbocycles. The highest BCUT2D eigenvalue weighted by Crippen LogP contribution is 2.38. The molecule has 3 aromatic rings. The van der Waals surface area contributed by atoms with E-state index in [4.69, 9.17) is 22.1 Å². The van der Waals surface area contributed by atoms with E-state index < -0.39 is 24.4 Å². The number of thiophene rings is 2. The summed E-state index contributed by atoms with van der Waals surface area (Å²) in [6.45, 7) is -0.482. The van der Waals surface area contributed by atoms with Crippen molar-refractivity contribution in [1.82, 2.24) is 0 Å². The van der Waals surface area contributed by atoms with Crippen LogP contribution in [0.3, 0.4) is 0 Å². The molecule has 0 radical (unpaired) electrons. The zero-order valence-electron chi connectivity index (χ0n) is 15.2. The predicted octanol–water partition coefficient (Wildman–Crippen LogP) is 4.39. The Labute approximate surface area is 179 Å². The van der Waals surface area contributed by atoms with Gasteiger partial charge in [0.15, 0.2) is 6.61 Å². The van der Waals surface area contributed by atoms with E-state index in [0.29, 0.717) is 15.6 Å². The highest BCUT2D eigenvalue weighted by molar-refractivity contribution is 7.21. The zero-order chi connectivity index (χ0) is 20.5. The molecular weight excluding hydrogens is 432 g/mol. The van der Waals surface area contributed by atoms with Gasteiger partial charge >= 0.3 is 5.97 Å². The number of esters is 1. The van der Waals surface area contributed by atoms with Crippen LogP contribution in [0.5, 0.6) is 0 Å². The predicted molar refractivity (Wildman–Crippen MR) is 115 cm³/mol. The van der Waals surface area contributed by atoms with Crippen molar-refractivity contribution in [2.75, 3.05) is 11.9 Å². The number of nitrogens with one attached hydrogen (secondary N) is 1. The SMILES string of the molecule is NC(=O)c1c(NC(=O)COC(=O)c2sc3ccccc3c2Cl)sc2c1CCCC2. The summed E-state index contributed by atoms with van der Waals surface area (Å²) in [5, 5.41) is 4.18. The van der Waals surface area contributed by atoms with Crippen molar-refractivity contribution in [2.24, 2.45) is 5.73 Å². The molecule has 0 bridgehead atoms. The minimum atomic E-state index is -0.660. The number of carbonyl (C=O) groups excluding carboxylic acids is 3. The van der Waals surface area contributed by atoms with Gasteiger partial charge in [0.2, 0.25) is 0 Å². The number of halogens is 1. The van der Waals surface area contributed by atoms with Crippen LogP contribution in [0.15, 0.2) is 24.3 Å². The van der Waals surface area contributed by atoms with Gasteiger partial charge in [0.1, 0.15) is 9.88 Å². The van der Waals surface area contributed by atoms with Gasteiger partial charge in [-0.3, -0.25) is 9.59 Å². The molecule has 3 N–H and O–H groups in total. The first-order valence-electron chi connectivity index (χ1n) is 9.04. The van der Waals surface area contributed by atoms with Gasteiger partial charge in [-0.1, -0.05) is 29.8 Å². The van der Waals surface area contributed by atoms with Crippen LogP contribution in [0.4, 0.5) is 5.00 Å². The summed E-state index contributed by atoms with van der Waals surface area (Å²) in [6, 6.07) is 7.37. The van der Waals surface area contributed by atoms with Gasteiger partial charge in [0.05, 0.1) is 10.6 Å². The average molecular weight is 449 g/mol. The van der Waals surface area contributed by atoms with E-state index in [9.17, 15) is 14.4 Å². The molecule has 150 valence electrons. The first-order chi connectivity index (χ1) is 14.0. The van der Waals surface area contributed by atoms with E-state index in [0.717, 1.165) is 46.2 Å². The number of primary amides is 1. The number of rotatable bonds is 5. The fourth-order valence-corrected chi connectivity index (χ4v) is 6.13. The van der Waals surface area contributed by atoms with Crippen molar-refractivity contribution >= 4 is 67.1 Å². The van der Waals surface area contributed by atoms with Gasteiger partial charge in [0.25, 0.3) is 11.8 Å². The highest BCUT2D eigenvalue weighted by Gasteiger charge is 2.25. The van der Waals surface area contributed by atoms with Crippen molar-refractivity contribution in [3.8, 4) is 0 Å². The third kappa shape index (κ3) is 3.88. The van der Waals surface area contributed by atoms with Crippen molar-refractivity contribution in [3.05, 3.63) is 50.2 Å². The largest absolute Gasteiger partial charge is 0.451 e. The summed E-state index contributed by atoms with van der Waals surface area (Å²) < 4.78 is 6.00. The number of amides is 2. The van der Waals surface area contributed by atoms with Crippen molar-refractivity contribution in [1.29, 1.82) is 0 Å². The minimum Gasteiger partial charge on any atom is -0.451 e. The number of hydrogen-bond donors (Lipinski definition) is 2. The topological polar surface area (TPSA) is 98.5 Å². The van der Waals surface area contributed by atoms with E-state index in [2.05, 4.69) is 5.32 Å². The lowest BCUT2D eigenvalue weighted by Gasteiger charge is -2.11. The van der Waals surface area contributed by atoms with Crippen molar-refractivity contribution < 1.29 is 19.1 Å². The van der Waals surface area contributed by atoms with Crippen LogP contribution in [-0.4, -0.2) is 24.4 Å². The van der Waals surface area contributed by atoms with Gasteiger partial charge in [-0.25, -0.2) is 4.79 Å². The van der Waals surface area contributed by atoms with Crippen LogP contribution >= 0.6 is 34.3 Å². The lowest BCUT2D eigenvalue weighted by atomic mass is 9.95. The smallest absolute Gasteiger partial charge is 0.350 e. The zero-order valence-corrected chi connectivity index (χ0v) is 17.6. The summed E-state index contributed by atoms with van der Waals surface area (Å²) in [5.41, 5.74) is 6.83. The first-order valence-corrected chi connectivity index (χ1v) is 11.0. The molecule has 0 unspecified atom stereocenters. The molecule has 0 saturated carbocycles. The fraction of sp³-hybridized carbons (Fsp3) is 0.250. The van der Waals surface area contributed by atoms with E-state index >= 15 is 0 Å². The van der Waals surface area contributed by atoms with Crippen molar-refractivity contribution in [3.63, 3.8) is 0 Å². The molecule has 2 heterocycles. The molecule has 9 heteroatoms. The Morgan fingerprint density at radius 1 is 1.14 bits per heavy atom. The van der Waals surface area contributed by atoms with Gasteiger partial charge in [0, 0.05) is 15.0 Å². The standard InChI is InChI=1S/C20H17ClN2O4S2/c21-16-11-6-2-4-8-13(11)28-17(16)20(26)27-9-14(24)23-19-15(18(22)25)10-5-1-3-7-12(10)29-19/h2,4,6,8H,1,3,5,7,9H2,(H2,22,25)(H,23,24). The van der Waals surface area contributed by atoms with Gasteiger partial charge in [-0.05, 0) is 37.3 Å². The van der Waals surface area contributed by atoms with Crippen LogP contribution in [0.1, 0.15) is 43.3 Å². The molecule has 0 spiro atoms. The van der Waals surface area contributed by atoms with Gasteiger partial charge in [-0.2, -0.15) is 0 Å². The number of ether oxygens (including phenoxy) is 1. The lowest BCUT2D eigenvalue weighted by molar-refractivity contribution is -0.119. The van der Waals surface area contributed by atoms with E-state index in [1.807, 2.05) is 24.3 Å². The van der Waals surface area contributed by atoms with Crippen molar-refractivity contribution in [2.45, 2.75) is 25.7 Å². The molecule has 0 aliphatic heterocycles. The fourth-order valence-electron chi connectivity index (χ4n) is 3.42. The molecule has 2 amide bonds. The van der Waals surface area contributed by atoms with E-state index in [1.165, 1.54) is 22.7 Å². The summed E-state index contributed by atoms with van der Waals surface area (Å²) in [7, 11) is 0. The molecule has 29 heavy (non-hydrogen) atoms. The highest BCUT2D eigenvalue weighted by atomic mass is 35.5. The van der Waals surface area contributed by atoms with Gasteiger partial charge < -0.3 is 15.8 Å². The van der Waals surface area contributed by atoms with Crippen LogP contribution in [0.2, 0.25) is 5.02 Å². The Kier molecular flexibility index (Phi) is 5.58. The number of fused-ring (bicyclic) bond motifs is 2. The second-order valence-corrected chi connectivity index (χ2v) is 9.18. The molecule has 0 saturated heterocycles. The Morgan fingerprint density at radius 3 is 2.66 bits per heavy atom. The minimum absolute atomic E-state index is 0.255. The molecule has 4 rings (SSSR count). The second kappa shape index (κ2) is 8.14. The summed E-state index contributed by atoms with van der Waals surface area (Å²) in [6.07, 6.45) is 3.69. The molecule has 6 nitrogen and oxygen atoms in total. The number of aryl methyl sites for hydroxylation is 1. The Balaban J connectivity index is 1.45. The average Bonchev–Trinajstić information content (AvgIpc) is 3.24. The summed E-state index contributed by atoms with van der Waals surface area (Å²) in [4.78, 5) is 37.9. The number of carbonyl (C=O) groups is 3. The van der Waals surface area contributed by atoms with Gasteiger partial charge in [-0.15, -0.1) is 22.7 Å². The lowest BCUT2D eigenvalue weighted by Crippen LogP contribution is -2.22. The maximum Gasteiger partial charge on any atom is 0.350 e. The second-order valence-electron chi connectivity index (χ2n) is 6.64. The van der Waals surface area contributed by atoms with Crippen LogP contribution < -0.4 is 11.1 Å². The van der Waals surface area contributed by atoms with E-state index in [-0.39, 0.29) is 4.88 Å². The van der Waals surface area contributed by atoms with Crippen LogP contribution in [0.25, 0.3) is 10.1 Å². The van der Waals surface area contributed by atoms with E-state index in [1.54, 1.807) is 0 Å². The monoisotopic (exact) mass is 448 g/mol. The number of hydrogen-bond acceptors (Lipinski definition) is 6. The molecule has 1 aromatic carbocycles. The molecule has 0 atom stereocenters. The normalized spacial score (nSPS) is 13.1. The quantitative estimate of drug-likeness (QED) is 0.565. The maximum absolute atomic E-state index is 12.4. The third-order valence-electron chi connectivity index (χ3n) is 4.73. The maximum atomic E-state index is 12.4. The molecule has 0 fully saturated rings. The van der Waals surface area contributed by atoms with Crippen LogP contribution in [-0.2, 0) is 22.4 Å². The summed E-state index contributed by atoms with van der Waals surface area (Å²) >= 11 is 8.85. The number of benzene rings is 1. The molecule has 1 aliphatic rings. The third-order valence-corrected chi connectivity index (χ3v) is 7.59. The Hall–Kier alpha value is -2.42. The molecular formula is C20H17ClN2O4S2. The Morgan fingerprint density at radius 2 is 1.90 bits per heavy atom.